The minimum Gasteiger partial charge on any atom is -0.385 e. The molecule has 1 aliphatic heterocycles. The summed E-state index contributed by atoms with van der Waals surface area (Å²) in [4.78, 5) is 0. The lowest BCUT2D eigenvalue weighted by molar-refractivity contribution is 0.594. The van der Waals surface area contributed by atoms with Crippen LogP contribution < -0.4 is 5.32 Å². The zero-order valence-electron chi connectivity index (χ0n) is 7.15. The molecule has 0 spiro atoms. The van der Waals surface area contributed by atoms with Crippen molar-refractivity contribution in [2.75, 3.05) is 11.9 Å². The van der Waals surface area contributed by atoms with Gasteiger partial charge in [-0.2, -0.15) is 0 Å². The molecule has 0 amide bonds. The third-order valence-electron chi connectivity index (χ3n) is 2.36. The molecule has 1 nitrogen and oxygen atoms in total. The number of fused-ring (bicyclic) bond motifs is 1. The van der Waals surface area contributed by atoms with Crippen LogP contribution in [0.25, 0.3) is 0 Å². The minimum atomic E-state index is -0.0281. The van der Waals surface area contributed by atoms with Crippen LogP contribution in [0.15, 0.2) is 12.1 Å². The van der Waals surface area contributed by atoms with E-state index in [0.717, 1.165) is 36.2 Å². The second-order valence-corrected chi connectivity index (χ2v) is 3.25. The molecule has 1 aromatic rings. The fourth-order valence-electron chi connectivity index (χ4n) is 1.64. The van der Waals surface area contributed by atoms with Crippen molar-refractivity contribution in [3.8, 4) is 0 Å². The first-order valence-electron chi connectivity index (χ1n) is 4.31. The first-order valence-corrected chi connectivity index (χ1v) is 4.31. The molecular formula is C10H12FN. The lowest BCUT2D eigenvalue weighted by Crippen LogP contribution is -2.13. The van der Waals surface area contributed by atoms with Gasteiger partial charge in [0.05, 0.1) is 0 Å². The third-order valence-corrected chi connectivity index (χ3v) is 2.36. The number of nitrogens with one attached hydrogen (secondary N) is 1. The maximum absolute atomic E-state index is 13.4. The van der Waals surface area contributed by atoms with Crippen LogP contribution in [0.4, 0.5) is 10.1 Å². The highest BCUT2D eigenvalue weighted by atomic mass is 19.1. The molecule has 64 valence electrons. The molecule has 0 atom stereocenters. The highest BCUT2D eigenvalue weighted by Crippen LogP contribution is 2.26. The number of rotatable bonds is 0. The van der Waals surface area contributed by atoms with E-state index in [1.165, 1.54) is 0 Å². The Morgan fingerprint density at radius 3 is 3.08 bits per heavy atom. The van der Waals surface area contributed by atoms with E-state index in [1.807, 2.05) is 19.1 Å². The van der Waals surface area contributed by atoms with Gasteiger partial charge < -0.3 is 5.32 Å². The van der Waals surface area contributed by atoms with Gasteiger partial charge in [-0.05, 0) is 31.4 Å². The van der Waals surface area contributed by atoms with Crippen molar-refractivity contribution in [3.63, 3.8) is 0 Å². The van der Waals surface area contributed by atoms with Gasteiger partial charge in [0.1, 0.15) is 5.82 Å². The summed E-state index contributed by atoms with van der Waals surface area (Å²) in [6.45, 7) is 2.78. The predicted octanol–water partition coefficient (Wildman–Crippen LogP) is 2.49. The van der Waals surface area contributed by atoms with Crippen LogP contribution in [0.5, 0.6) is 0 Å². The molecule has 1 aromatic carbocycles. The van der Waals surface area contributed by atoms with Gasteiger partial charge in [0.15, 0.2) is 0 Å². The van der Waals surface area contributed by atoms with Crippen LogP contribution in [0.2, 0.25) is 0 Å². The van der Waals surface area contributed by atoms with Gasteiger partial charge in [0.25, 0.3) is 0 Å². The van der Waals surface area contributed by atoms with Crippen LogP contribution in [0.3, 0.4) is 0 Å². The summed E-state index contributed by atoms with van der Waals surface area (Å²) in [7, 11) is 0. The Balaban J connectivity index is 2.54. The molecule has 0 aromatic heterocycles. The van der Waals surface area contributed by atoms with Crippen molar-refractivity contribution >= 4 is 5.69 Å². The van der Waals surface area contributed by atoms with E-state index in [4.69, 9.17) is 0 Å². The van der Waals surface area contributed by atoms with Gasteiger partial charge in [0, 0.05) is 17.8 Å². The molecule has 1 N–H and O–H groups in total. The first-order chi connectivity index (χ1) is 5.79. The summed E-state index contributed by atoms with van der Waals surface area (Å²) in [5.41, 5.74) is 2.59. The van der Waals surface area contributed by atoms with Crippen molar-refractivity contribution < 1.29 is 4.39 Å². The molecule has 1 aliphatic rings. The molecule has 0 saturated heterocycles. The molecule has 0 aliphatic carbocycles. The Kier molecular flexibility index (Phi) is 1.75. The average molecular weight is 165 g/mol. The Bertz CT molecular complexity index is 307. The van der Waals surface area contributed by atoms with Crippen LogP contribution in [0.1, 0.15) is 17.5 Å². The van der Waals surface area contributed by atoms with E-state index in [9.17, 15) is 4.39 Å². The highest BCUT2D eigenvalue weighted by Gasteiger charge is 2.13. The Morgan fingerprint density at radius 1 is 1.42 bits per heavy atom. The normalized spacial score (nSPS) is 15.2. The molecule has 2 rings (SSSR count). The molecule has 0 fully saturated rings. The van der Waals surface area contributed by atoms with Crippen LogP contribution in [-0.4, -0.2) is 6.54 Å². The summed E-state index contributed by atoms with van der Waals surface area (Å²) in [6, 6.07) is 3.79. The Labute approximate surface area is 71.6 Å². The topological polar surface area (TPSA) is 12.0 Å². The number of aryl methyl sites for hydroxylation is 1. The summed E-state index contributed by atoms with van der Waals surface area (Å²) in [6.07, 6.45) is 1.91. The summed E-state index contributed by atoms with van der Waals surface area (Å²) in [5.74, 6) is -0.0281. The molecular weight excluding hydrogens is 153 g/mol. The van der Waals surface area contributed by atoms with Gasteiger partial charge in [0.2, 0.25) is 0 Å². The number of hydrogen-bond acceptors (Lipinski definition) is 1. The molecule has 1 heterocycles. The van der Waals surface area contributed by atoms with Crippen LogP contribution in [0, 0.1) is 12.7 Å². The highest BCUT2D eigenvalue weighted by molar-refractivity contribution is 5.55. The molecule has 0 unspecified atom stereocenters. The molecule has 0 bridgehead atoms. The number of hydrogen-bond donors (Lipinski definition) is 1. The predicted molar refractivity (Wildman–Crippen MR) is 47.9 cm³/mol. The van der Waals surface area contributed by atoms with E-state index in [1.54, 1.807) is 0 Å². The largest absolute Gasteiger partial charge is 0.385 e. The Hall–Kier alpha value is -1.05. The fraction of sp³-hybridized carbons (Fsp3) is 0.400. The minimum absolute atomic E-state index is 0.0281. The van der Waals surface area contributed by atoms with Gasteiger partial charge >= 0.3 is 0 Å². The van der Waals surface area contributed by atoms with Gasteiger partial charge in [-0.25, -0.2) is 4.39 Å². The average Bonchev–Trinajstić information content (AvgIpc) is 2.12. The van der Waals surface area contributed by atoms with E-state index in [2.05, 4.69) is 5.32 Å². The first kappa shape index (κ1) is 7.59. The maximum Gasteiger partial charge on any atom is 0.131 e. The van der Waals surface area contributed by atoms with Crippen LogP contribution in [-0.2, 0) is 6.42 Å². The lowest BCUT2D eigenvalue weighted by Gasteiger charge is -2.18. The monoisotopic (exact) mass is 165 g/mol. The zero-order chi connectivity index (χ0) is 8.55. The number of halogens is 1. The van der Waals surface area contributed by atoms with E-state index >= 15 is 0 Å². The zero-order valence-corrected chi connectivity index (χ0v) is 7.15. The molecule has 0 saturated carbocycles. The maximum atomic E-state index is 13.4. The SMILES string of the molecule is Cc1ccc2c(c1F)CCCN2. The van der Waals surface area contributed by atoms with Gasteiger partial charge in [-0.3, -0.25) is 0 Å². The standard InChI is InChI=1S/C10H12FN/c1-7-4-5-9-8(10(7)11)3-2-6-12-9/h4-5,12H,2-3,6H2,1H3. The van der Waals surface area contributed by atoms with Crippen LogP contribution >= 0.6 is 0 Å². The van der Waals surface area contributed by atoms with Gasteiger partial charge in [-0.1, -0.05) is 6.07 Å². The Morgan fingerprint density at radius 2 is 2.25 bits per heavy atom. The molecule has 0 radical (unpaired) electrons. The number of anilines is 1. The summed E-state index contributed by atoms with van der Waals surface area (Å²) < 4.78 is 13.4. The van der Waals surface area contributed by atoms with E-state index < -0.39 is 0 Å². The summed E-state index contributed by atoms with van der Waals surface area (Å²) in [5, 5.41) is 3.19. The van der Waals surface area contributed by atoms with Crippen molar-refractivity contribution in [1.82, 2.24) is 0 Å². The summed E-state index contributed by atoms with van der Waals surface area (Å²) >= 11 is 0. The quantitative estimate of drug-likeness (QED) is 0.622. The number of benzene rings is 1. The molecule has 12 heavy (non-hydrogen) atoms. The van der Waals surface area contributed by atoms with E-state index in [-0.39, 0.29) is 5.82 Å². The second-order valence-electron chi connectivity index (χ2n) is 3.25. The van der Waals surface area contributed by atoms with Crippen molar-refractivity contribution in [3.05, 3.63) is 29.1 Å². The van der Waals surface area contributed by atoms with Crippen molar-refractivity contribution in [1.29, 1.82) is 0 Å². The fourth-order valence-corrected chi connectivity index (χ4v) is 1.64. The van der Waals surface area contributed by atoms with Crippen molar-refractivity contribution in [2.24, 2.45) is 0 Å². The lowest BCUT2D eigenvalue weighted by atomic mass is 10.0. The van der Waals surface area contributed by atoms with E-state index in [0.29, 0.717) is 0 Å². The smallest absolute Gasteiger partial charge is 0.131 e. The third kappa shape index (κ3) is 1.07. The second kappa shape index (κ2) is 2.77. The van der Waals surface area contributed by atoms with Crippen molar-refractivity contribution in [2.45, 2.75) is 19.8 Å². The van der Waals surface area contributed by atoms with Gasteiger partial charge in [-0.15, -0.1) is 0 Å². The molecule has 2 heteroatoms.